The van der Waals surface area contributed by atoms with Gasteiger partial charge in [0.25, 0.3) is 6.47 Å². The van der Waals surface area contributed by atoms with Crippen LogP contribution in [0.25, 0.3) is 0 Å². The van der Waals surface area contributed by atoms with Crippen LogP contribution in [-0.4, -0.2) is 57.6 Å². The van der Waals surface area contributed by atoms with Crippen molar-refractivity contribution in [3.05, 3.63) is 11.7 Å². The normalized spacial score (nSPS) is 22.1. The van der Waals surface area contributed by atoms with E-state index in [4.69, 9.17) is 14.4 Å². The Morgan fingerprint density at radius 3 is 2.16 bits per heavy atom. The van der Waals surface area contributed by atoms with Crippen LogP contribution >= 0.6 is 0 Å². The summed E-state index contributed by atoms with van der Waals surface area (Å²) in [5.41, 5.74) is 0. The van der Waals surface area contributed by atoms with Crippen LogP contribution in [0.2, 0.25) is 0 Å². The van der Waals surface area contributed by atoms with E-state index in [1.165, 1.54) is 0 Å². The predicted octanol–water partition coefficient (Wildman–Crippen LogP) is 2.93. The Labute approximate surface area is 183 Å². The maximum Gasteiger partial charge on any atom is 0.290 e. The average Bonchev–Trinajstić information content (AvgIpc) is 3.25. The molecule has 9 nitrogen and oxygen atoms in total. The zero-order chi connectivity index (χ0) is 23.0. The molecule has 0 aromatic carbocycles. The van der Waals surface area contributed by atoms with Crippen LogP contribution in [0.4, 0.5) is 0 Å². The molecule has 2 N–H and O–H groups in total. The molecule has 2 heterocycles. The molecule has 1 aliphatic heterocycles. The minimum absolute atomic E-state index is 0.0103. The molecule has 1 saturated heterocycles. The molecule has 1 saturated carbocycles. The molecular weight excluding hydrogens is 400 g/mol. The van der Waals surface area contributed by atoms with Crippen molar-refractivity contribution in [2.24, 2.45) is 11.8 Å². The molecule has 31 heavy (non-hydrogen) atoms. The summed E-state index contributed by atoms with van der Waals surface area (Å²) < 4.78 is 5.44. The van der Waals surface area contributed by atoms with Gasteiger partial charge in [0, 0.05) is 42.8 Å². The Morgan fingerprint density at radius 1 is 1.10 bits per heavy atom. The smallest absolute Gasteiger partial charge is 0.290 e. The number of carbonyl (C=O) groups is 3. The quantitative estimate of drug-likeness (QED) is 0.680. The minimum atomic E-state index is -0.250. The number of likely N-dealkylation sites (tertiary alicyclic amines) is 1. The molecule has 0 atom stereocenters. The van der Waals surface area contributed by atoms with Crippen molar-refractivity contribution in [2.45, 2.75) is 84.1 Å². The second kappa shape index (κ2) is 11.8. The van der Waals surface area contributed by atoms with Gasteiger partial charge in [0.05, 0.1) is 0 Å². The first-order valence-corrected chi connectivity index (χ1v) is 11.3. The van der Waals surface area contributed by atoms with Gasteiger partial charge in [0.1, 0.15) is 0 Å². The van der Waals surface area contributed by atoms with Gasteiger partial charge in [0.2, 0.25) is 17.7 Å². The van der Waals surface area contributed by atoms with Crippen LogP contribution in [0.5, 0.6) is 0 Å². The highest BCUT2D eigenvalue weighted by molar-refractivity contribution is 5.79. The molecule has 174 valence electrons. The van der Waals surface area contributed by atoms with Gasteiger partial charge in [0.15, 0.2) is 5.82 Å². The van der Waals surface area contributed by atoms with E-state index < -0.39 is 0 Å². The lowest BCUT2D eigenvalue weighted by molar-refractivity contribution is -0.138. The molecule has 3 rings (SSSR count). The highest BCUT2D eigenvalue weighted by atomic mass is 16.5. The molecule has 1 aliphatic carbocycles. The first-order chi connectivity index (χ1) is 14.8. The second-order valence-corrected chi connectivity index (χ2v) is 9.06. The van der Waals surface area contributed by atoms with E-state index in [0.717, 1.165) is 63.3 Å². The molecule has 1 aromatic heterocycles. The van der Waals surface area contributed by atoms with E-state index in [9.17, 15) is 9.59 Å². The highest BCUT2D eigenvalue weighted by Crippen LogP contribution is 2.31. The van der Waals surface area contributed by atoms with Gasteiger partial charge < -0.3 is 19.8 Å². The molecule has 9 heteroatoms. The molecule has 0 radical (unpaired) electrons. The van der Waals surface area contributed by atoms with E-state index in [1.807, 2.05) is 18.7 Å². The summed E-state index contributed by atoms with van der Waals surface area (Å²) in [5.74, 6) is 2.49. The lowest BCUT2D eigenvalue weighted by Gasteiger charge is -2.35. The summed E-state index contributed by atoms with van der Waals surface area (Å²) in [6.07, 6.45) is 5.28. The predicted molar refractivity (Wildman–Crippen MR) is 114 cm³/mol. The van der Waals surface area contributed by atoms with Crippen LogP contribution in [0, 0.1) is 11.8 Å². The van der Waals surface area contributed by atoms with Gasteiger partial charge >= 0.3 is 0 Å². The number of carbonyl (C=O) groups excluding carboxylic acids is 2. The molecule has 2 fully saturated rings. The van der Waals surface area contributed by atoms with Gasteiger partial charge in [-0.05, 0) is 38.5 Å². The SMILES string of the molecule is CC(C)C(=O)NC1CCC(C(=O)N2CCC(c3nc(C(C)C)no3)CC2)CC1.O=CO. The van der Waals surface area contributed by atoms with Crippen molar-refractivity contribution >= 4 is 18.3 Å². The standard InChI is InChI=1S/C21H34N4O3.CH2O2/c1-13(2)18-23-20(28-24-18)15-9-11-25(12-10-15)21(27)16-5-7-17(8-6-16)22-19(26)14(3)4;2-1-3/h13-17H,5-12H2,1-4H3,(H,22,26);1H,(H,2,3). The third-order valence-electron chi connectivity index (χ3n) is 6.08. The van der Waals surface area contributed by atoms with Crippen molar-refractivity contribution in [3.8, 4) is 0 Å². The van der Waals surface area contributed by atoms with Crippen molar-refractivity contribution in [1.29, 1.82) is 0 Å². The lowest BCUT2D eigenvalue weighted by atomic mass is 9.84. The Bertz CT molecular complexity index is 717. The fourth-order valence-corrected chi connectivity index (χ4v) is 4.11. The number of nitrogens with zero attached hydrogens (tertiary/aromatic N) is 3. The largest absolute Gasteiger partial charge is 0.483 e. The van der Waals surface area contributed by atoms with Crippen LogP contribution in [0.3, 0.4) is 0 Å². The molecule has 0 spiro atoms. The van der Waals surface area contributed by atoms with Gasteiger partial charge in [-0.15, -0.1) is 0 Å². The number of carboxylic acid groups (broad SMARTS) is 1. The third kappa shape index (κ3) is 7.04. The number of hydrogen-bond acceptors (Lipinski definition) is 6. The summed E-state index contributed by atoms with van der Waals surface area (Å²) in [5, 5.41) is 14.1. The summed E-state index contributed by atoms with van der Waals surface area (Å²) in [6, 6.07) is 0.220. The number of rotatable bonds is 5. The zero-order valence-corrected chi connectivity index (χ0v) is 19.0. The van der Waals surface area contributed by atoms with E-state index in [2.05, 4.69) is 29.3 Å². The molecule has 2 amide bonds. The molecular formula is C22H36N4O5. The maximum absolute atomic E-state index is 12.9. The fraction of sp³-hybridized carbons (Fsp3) is 0.773. The molecule has 1 aromatic rings. The second-order valence-electron chi connectivity index (χ2n) is 9.06. The zero-order valence-electron chi connectivity index (χ0n) is 19.0. The minimum Gasteiger partial charge on any atom is -0.483 e. The fourth-order valence-electron chi connectivity index (χ4n) is 4.11. The Kier molecular flexibility index (Phi) is 9.45. The van der Waals surface area contributed by atoms with Crippen LogP contribution in [0.1, 0.15) is 89.8 Å². The van der Waals surface area contributed by atoms with Crippen LogP contribution in [0.15, 0.2) is 4.52 Å². The third-order valence-corrected chi connectivity index (χ3v) is 6.08. The van der Waals surface area contributed by atoms with E-state index in [-0.39, 0.29) is 48.0 Å². The van der Waals surface area contributed by atoms with Gasteiger partial charge in [-0.1, -0.05) is 32.9 Å². The topological polar surface area (TPSA) is 126 Å². The van der Waals surface area contributed by atoms with Gasteiger partial charge in [-0.2, -0.15) is 4.98 Å². The summed E-state index contributed by atoms with van der Waals surface area (Å²) >= 11 is 0. The molecule has 0 bridgehead atoms. The maximum atomic E-state index is 12.9. The number of nitrogens with one attached hydrogen (secondary N) is 1. The summed E-state index contributed by atoms with van der Waals surface area (Å²) in [6.45, 7) is 9.19. The number of aromatic nitrogens is 2. The van der Waals surface area contributed by atoms with E-state index >= 15 is 0 Å². The van der Waals surface area contributed by atoms with Crippen molar-refractivity contribution < 1.29 is 24.0 Å². The lowest BCUT2D eigenvalue weighted by Crippen LogP contribution is -2.45. The van der Waals surface area contributed by atoms with Crippen LogP contribution < -0.4 is 5.32 Å². The van der Waals surface area contributed by atoms with Gasteiger partial charge in [-0.3, -0.25) is 14.4 Å². The Morgan fingerprint density at radius 2 is 1.68 bits per heavy atom. The van der Waals surface area contributed by atoms with Gasteiger partial charge in [-0.25, -0.2) is 0 Å². The average molecular weight is 437 g/mol. The monoisotopic (exact) mass is 436 g/mol. The van der Waals surface area contributed by atoms with Crippen LogP contribution in [-0.2, 0) is 14.4 Å². The summed E-state index contributed by atoms with van der Waals surface area (Å²) in [4.78, 5) is 39.7. The summed E-state index contributed by atoms with van der Waals surface area (Å²) in [7, 11) is 0. The van der Waals surface area contributed by atoms with Crippen molar-refractivity contribution in [2.75, 3.05) is 13.1 Å². The molecule has 0 unspecified atom stereocenters. The molecule has 2 aliphatic rings. The first kappa shape index (κ1) is 24.8. The number of piperidine rings is 1. The highest BCUT2D eigenvalue weighted by Gasteiger charge is 2.33. The Balaban J connectivity index is 0.00000107. The van der Waals surface area contributed by atoms with Crippen molar-refractivity contribution in [1.82, 2.24) is 20.4 Å². The van der Waals surface area contributed by atoms with Crippen molar-refractivity contribution in [3.63, 3.8) is 0 Å². The number of hydrogen-bond donors (Lipinski definition) is 2. The first-order valence-electron chi connectivity index (χ1n) is 11.3. The number of amides is 2. The van der Waals surface area contributed by atoms with E-state index in [0.29, 0.717) is 0 Å². The Hall–Kier alpha value is -2.45. The van der Waals surface area contributed by atoms with E-state index in [1.54, 1.807) is 0 Å².